The van der Waals surface area contributed by atoms with Gasteiger partial charge in [-0.05, 0) is 11.4 Å². The van der Waals surface area contributed by atoms with Gasteiger partial charge in [0.15, 0.2) is 17.8 Å². The molecule has 2 rings (SSSR count). The molecule has 0 bridgehead atoms. The molecule has 0 spiro atoms. The number of carboxylic acids is 1. The minimum Gasteiger partial charge on any atom is -0.482 e. The number of carbonyl (C=O) groups is 1. The molecule has 7 heteroatoms. The third-order valence-corrected chi connectivity index (χ3v) is 2.47. The minimum absolute atomic E-state index is 0.0665. The largest absolute Gasteiger partial charge is 0.482 e. The van der Waals surface area contributed by atoms with E-state index >= 15 is 0 Å². The van der Waals surface area contributed by atoms with Crippen LogP contribution in [-0.2, 0) is 6.61 Å². The van der Waals surface area contributed by atoms with E-state index in [1.807, 2.05) is 0 Å². The van der Waals surface area contributed by atoms with Gasteiger partial charge >= 0.3 is 5.97 Å². The first-order valence-corrected chi connectivity index (χ1v) is 4.84. The summed E-state index contributed by atoms with van der Waals surface area (Å²) < 4.78 is 9.92. The van der Waals surface area contributed by atoms with E-state index in [-0.39, 0.29) is 11.5 Å². The summed E-state index contributed by atoms with van der Waals surface area (Å²) in [5.74, 6) is -0.395. The predicted molar refractivity (Wildman–Crippen MR) is 49.9 cm³/mol. The fourth-order valence-corrected chi connectivity index (χ4v) is 1.64. The van der Waals surface area contributed by atoms with Crippen LogP contribution >= 0.6 is 11.3 Å². The molecular weight excluding hydrogens is 220 g/mol. The maximum absolute atomic E-state index is 10.7. The van der Waals surface area contributed by atoms with Crippen LogP contribution < -0.4 is 4.74 Å². The van der Waals surface area contributed by atoms with E-state index in [2.05, 4.69) is 10.1 Å². The Morgan fingerprint density at radius 2 is 2.53 bits per heavy atom. The molecule has 0 aliphatic rings. The topological polar surface area (TPSA) is 85.5 Å². The molecule has 0 aliphatic heterocycles. The molecule has 0 atom stereocenters. The maximum atomic E-state index is 10.7. The van der Waals surface area contributed by atoms with Gasteiger partial charge in [-0.3, -0.25) is 0 Å². The van der Waals surface area contributed by atoms with Gasteiger partial charge in [0.2, 0.25) is 0 Å². The second-order valence-corrected chi connectivity index (χ2v) is 3.46. The first kappa shape index (κ1) is 9.66. The molecule has 0 saturated heterocycles. The van der Waals surface area contributed by atoms with E-state index in [0.29, 0.717) is 11.6 Å². The number of rotatable bonds is 4. The van der Waals surface area contributed by atoms with Crippen molar-refractivity contribution in [1.29, 1.82) is 0 Å². The van der Waals surface area contributed by atoms with Crippen molar-refractivity contribution in [2.45, 2.75) is 6.61 Å². The SMILES string of the molecule is O=C(O)c1sccc1OCc1ncno1. The Labute approximate surface area is 88.1 Å². The third kappa shape index (κ3) is 2.13. The van der Waals surface area contributed by atoms with Crippen molar-refractivity contribution in [3.05, 3.63) is 28.5 Å². The monoisotopic (exact) mass is 226 g/mol. The molecule has 0 aliphatic carbocycles. The Hall–Kier alpha value is -1.89. The van der Waals surface area contributed by atoms with Crippen molar-refractivity contribution < 1.29 is 19.2 Å². The number of hydrogen-bond acceptors (Lipinski definition) is 6. The van der Waals surface area contributed by atoms with E-state index in [9.17, 15) is 4.79 Å². The molecule has 2 aromatic heterocycles. The van der Waals surface area contributed by atoms with Crippen LogP contribution in [0.1, 0.15) is 15.6 Å². The zero-order valence-electron chi connectivity index (χ0n) is 7.41. The summed E-state index contributed by atoms with van der Waals surface area (Å²) in [7, 11) is 0. The Morgan fingerprint density at radius 3 is 3.20 bits per heavy atom. The van der Waals surface area contributed by atoms with Crippen LogP contribution in [-0.4, -0.2) is 21.2 Å². The van der Waals surface area contributed by atoms with Gasteiger partial charge in [-0.2, -0.15) is 4.98 Å². The van der Waals surface area contributed by atoms with Crippen molar-refractivity contribution in [3.8, 4) is 5.75 Å². The molecule has 0 saturated carbocycles. The highest BCUT2D eigenvalue weighted by Gasteiger charge is 2.13. The Balaban J connectivity index is 2.05. The van der Waals surface area contributed by atoms with E-state index in [1.165, 1.54) is 6.33 Å². The zero-order chi connectivity index (χ0) is 10.7. The molecule has 0 amide bonds. The van der Waals surface area contributed by atoms with Gasteiger partial charge in [0.1, 0.15) is 5.75 Å². The van der Waals surface area contributed by atoms with Crippen LogP contribution in [0.25, 0.3) is 0 Å². The second kappa shape index (κ2) is 4.09. The Kier molecular flexibility index (Phi) is 2.64. The summed E-state index contributed by atoms with van der Waals surface area (Å²) in [6.07, 6.45) is 1.25. The van der Waals surface area contributed by atoms with Crippen molar-refractivity contribution in [2.24, 2.45) is 0 Å². The molecule has 2 aromatic rings. The van der Waals surface area contributed by atoms with Crippen molar-refractivity contribution in [1.82, 2.24) is 10.1 Å². The van der Waals surface area contributed by atoms with Gasteiger partial charge in [0.05, 0.1) is 0 Å². The van der Waals surface area contributed by atoms with E-state index < -0.39 is 5.97 Å². The summed E-state index contributed by atoms with van der Waals surface area (Å²) in [5.41, 5.74) is 0. The van der Waals surface area contributed by atoms with Crippen molar-refractivity contribution in [2.75, 3.05) is 0 Å². The number of hydrogen-bond donors (Lipinski definition) is 1. The van der Waals surface area contributed by atoms with Crippen LogP contribution in [0.4, 0.5) is 0 Å². The number of thiophene rings is 1. The summed E-state index contributed by atoms with van der Waals surface area (Å²) >= 11 is 1.10. The summed E-state index contributed by atoms with van der Waals surface area (Å²) in [5, 5.41) is 13.8. The quantitative estimate of drug-likeness (QED) is 0.848. The van der Waals surface area contributed by atoms with Crippen LogP contribution in [0.15, 0.2) is 22.3 Å². The average molecular weight is 226 g/mol. The fraction of sp³-hybridized carbons (Fsp3) is 0.125. The van der Waals surface area contributed by atoms with E-state index in [0.717, 1.165) is 11.3 Å². The number of aromatic nitrogens is 2. The first-order chi connectivity index (χ1) is 7.27. The standard InChI is InChI=1S/C8H6N2O4S/c11-8(12)7-5(1-2-15-7)13-3-6-9-4-10-14-6/h1-2,4H,3H2,(H,11,12). The van der Waals surface area contributed by atoms with Crippen LogP contribution in [0.5, 0.6) is 5.75 Å². The highest BCUT2D eigenvalue weighted by Crippen LogP contribution is 2.25. The molecule has 1 N–H and O–H groups in total. The van der Waals surface area contributed by atoms with Crippen molar-refractivity contribution in [3.63, 3.8) is 0 Å². The molecule has 15 heavy (non-hydrogen) atoms. The molecule has 2 heterocycles. The van der Waals surface area contributed by atoms with E-state index in [1.54, 1.807) is 11.4 Å². The average Bonchev–Trinajstić information content (AvgIpc) is 2.86. The normalized spacial score (nSPS) is 10.1. The highest BCUT2D eigenvalue weighted by atomic mass is 32.1. The fourth-order valence-electron chi connectivity index (χ4n) is 0.966. The second-order valence-electron chi connectivity index (χ2n) is 2.54. The van der Waals surface area contributed by atoms with Crippen LogP contribution in [0.2, 0.25) is 0 Å². The third-order valence-electron chi connectivity index (χ3n) is 1.58. The maximum Gasteiger partial charge on any atom is 0.349 e. The lowest BCUT2D eigenvalue weighted by molar-refractivity contribution is 0.0697. The molecule has 0 unspecified atom stereocenters. The number of nitrogens with zero attached hydrogens (tertiary/aromatic N) is 2. The molecule has 0 fully saturated rings. The van der Waals surface area contributed by atoms with Gasteiger partial charge in [-0.15, -0.1) is 11.3 Å². The van der Waals surface area contributed by atoms with Gasteiger partial charge in [0.25, 0.3) is 5.89 Å². The Morgan fingerprint density at radius 1 is 1.67 bits per heavy atom. The Bertz CT molecular complexity index is 451. The number of carboxylic acid groups (broad SMARTS) is 1. The first-order valence-electron chi connectivity index (χ1n) is 3.96. The molecule has 78 valence electrons. The lowest BCUT2D eigenvalue weighted by Gasteiger charge is -2.00. The summed E-state index contributed by atoms with van der Waals surface area (Å²) in [6, 6.07) is 1.59. The molecule has 6 nitrogen and oxygen atoms in total. The molecule has 0 aromatic carbocycles. The molecular formula is C8H6N2O4S. The van der Waals surface area contributed by atoms with E-state index in [4.69, 9.17) is 14.4 Å². The highest BCUT2D eigenvalue weighted by molar-refractivity contribution is 7.12. The summed E-state index contributed by atoms with van der Waals surface area (Å²) in [6.45, 7) is 0.0665. The predicted octanol–water partition coefficient (Wildman–Crippen LogP) is 1.41. The minimum atomic E-state index is -1.01. The summed E-state index contributed by atoms with van der Waals surface area (Å²) in [4.78, 5) is 14.6. The van der Waals surface area contributed by atoms with Gasteiger partial charge < -0.3 is 14.4 Å². The van der Waals surface area contributed by atoms with Gasteiger partial charge in [0, 0.05) is 0 Å². The van der Waals surface area contributed by atoms with Gasteiger partial charge in [-0.25, -0.2) is 4.79 Å². The van der Waals surface area contributed by atoms with Crippen LogP contribution in [0.3, 0.4) is 0 Å². The molecule has 0 radical (unpaired) electrons. The lowest BCUT2D eigenvalue weighted by Crippen LogP contribution is -2.00. The van der Waals surface area contributed by atoms with Crippen molar-refractivity contribution >= 4 is 17.3 Å². The van der Waals surface area contributed by atoms with Crippen LogP contribution in [0, 0.1) is 0 Å². The lowest BCUT2D eigenvalue weighted by atomic mass is 10.4. The number of ether oxygens (including phenoxy) is 1. The van der Waals surface area contributed by atoms with Gasteiger partial charge in [-0.1, -0.05) is 5.16 Å². The number of aromatic carboxylic acids is 1. The smallest absolute Gasteiger partial charge is 0.349 e. The zero-order valence-corrected chi connectivity index (χ0v) is 8.23.